The summed E-state index contributed by atoms with van der Waals surface area (Å²) < 4.78 is 21.3. The number of carbonyl (C=O) groups excluding carboxylic acids is 1. The van der Waals surface area contributed by atoms with E-state index in [9.17, 15) is 19.1 Å². The Bertz CT molecular complexity index is 1730. The van der Waals surface area contributed by atoms with E-state index in [1.165, 1.54) is 28.9 Å². The van der Waals surface area contributed by atoms with Crippen LogP contribution in [-0.2, 0) is 29.2 Å². The van der Waals surface area contributed by atoms with E-state index in [1.807, 2.05) is 0 Å². The molecule has 3 aromatic heterocycles. The molecule has 0 radical (unpaired) electrons. The van der Waals surface area contributed by atoms with Gasteiger partial charge in [0.05, 0.1) is 42.3 Å². The van der Waals surface area contributed by atoms with Crippen molar-refractivity contribution >= 4 is 28.7 Å². The van der Waals surface area contributed by atoms with Crippen molar-refractivity contribution in [2.24, 2.45) is 11.6 Å². The van der Waals surface area contributed by atoms with Crippen LogP contribution in [0.4, 0.5) is 10.2 Å². The molecule has 0 spiro atoms. The molecule has 206 valence electrons. The number of aromatic nitrogens is 3. The summed E-state index contributed by atoms with van der Waals surface area (Å²) in [6.07, 6.45) is 1.90. The highest BCUT2D eigenvalue weighted by atomic mass is 19.1. The van der Waals surface area contributed by atoms with Gasteiger partial charge >= 0.3 is 0 Å². The van der Waals surface area contributed by atoms with Gasteiger partial charge in [0.2, 0.25) is 0 Å². The fraction of sp³-hybridized carbons (Fsp3) is 0.214. The summed E-state index contributed by atoms with van der Waals surface area (Å²) in [6.45, 7) is 1.86. The van der Waals surface area contributed by atoms with Crippen molar-refractivity contribution in [2.45, 2.75) is 32.7 Å². The third-order valence-electron chi connectivity index (χ3n) is 6.98. The lowest BCUT2D eigenvalue weighted by molar-refractivity contribution is -0.115. The molecule has 1 unspecified atom stereocenters. The number of anilines is 1. The lowest BCUT2D eigenvalue weighted by atomic mass is 9.98. The predicted molar refractivity (Wildman–Crippen MR) is 148 cm³/mol. The van der Waals surface area contributed by atoms with Gasteiger partial charge in [0.15, 0.2) is 6.29 Å². The molecule has 1 atom stereocenters. The number of fused-ring (bicyclic) bond motifs is 4. The first-order chi connectivity index (χ1) is 19.1. The second kappa shape index (κ2) is 10.5. The number of pyridine rings is 3. The summed E-state index contributed by atoms with van der Waals surface area (Å²) in [4.78, 5) is 33.7. The summed E-state index contributed by atoms with van der Waals surface area (Å²) in [6, 6.07) is 7.93. The number of aliphatic hydroxyl groups excluding tert-OH is 1. The topological polar surface area (TPSA) is 176 Å². The Morgan fingerprint density at radius 3 is 2.75 bits per heavy atom. The Hall–Kier alpha value is -4.65. The van der Waals surface area contributed by atoms with Crippen LogP contribution < -0.4 is 22.9 Å². The van der Waals surface area contributed by atoms with Gasteiger partial charge in [-0.3, -0.25) is 4.79 Å². The number of benzene rings is 1. The van der Waals surface area contributed by atoms with Crippen molar-refractivity contribution in [2.75, 3.05) is 12.8 Å². The molecule has 0 saturated heterocycles. The molecule has 0 amide bonds. The average Bonchev–Trinajstić information content (AvgIpc) is 3.29. The molecule has 5 rings (SSSR count). The van der Waals surface area contributed by atoms with E-state index in [1.54, 1.807) is 37.4 Å². The molecular weight excluding hydrogens is 517 g/mol. The van der Waals surface area contributed by atoms with Crippen molar-refractivity contribution in [1.82, 2.24) is 19.5 Å². The van der Waals surface area contributed by atoms with E-state index in [-0.39, 0.29) is 30.8 Å². The van der Waals surface area contributed by atoms with Crippen molar-refractivity contribution in [3.63, 3.8) is 0 Å². The van der Waals surface area contributed by atoms with Crippen molar-refractivity contribution < 1.29 is 19.0 Å². The summed E-state index contributed by atoms with van der Waals surface area (Å²) >= 11 is 0. The first-order valence-corrected chi connectivity index (χ1v) is 12.3. The fourth-order valence-corrected chi connectivity index (χ4v) is 4.96. The summed E-state index contributed by atoms with van der Waals surface area (Å²) in [5.41, 5.74) is 15.8. The molecule has 4 aromatic rings. The predicted octanol–water partition coefficient (Wildman–Crippen LogP) is 1.86. The minimum absolute atomic E-state index is 0.0942. The zero-order valence-electron chi connectivity index (χ0n) is 21.9. The molecule has 0 aliphatic carbocycles. The lowest BCUT2D eigenvalue weighted by Crippen LogP contribution is -2.27. The normalized spacial score (nSPS) is 13.3. The maximum Gasteiger partial charge on any atom is 0.257 e. The maximum absolute atomic E-state index is 14.6. The highest BCUT2D eigenvalue weighted by molar-refractivity contribution is 5.89. The Labute approximate surface area is 228 Å². The van der Waals surface area contributed by atoms with Crippen molar-refractivity contribution in [1.29, 1.82) is 0 Å². The van der Waals surface area contributed by atoms with E-state index in [0.29, 0.717) is 56.8 Å². The molecule has 11 nitrogen and oxygen atoms in total. The third kappa shape index (κ3) is 4.68. The average molecular weight is 546 g/mol. The molecule has 0 fully saturated rings. The van der Waals surface area contributed by atoms with Crippen LogP contribution >= 0.6 is 0 Å². The van der Waals surface area contributed by atoms with Crippen LogP contribution in [0.25, 0.3) is 28.0 Å². The van der Waals surface area contributed by atoms with Crippen LogP contribution in [0, 0.1) is 12.7 Å². The second-order valence-corrected chi connectivity index (χ2v) is 9.63. The highest BCUT2D eigenvalue weighted by Crippen LogP contribution is 2.38. The molecule has 4 heterocycles. The van der Waals surface area contributed by atoms with E-state index in [0.717, 1.165) is 5.56 Å². The van der Waals surface area contributed by atoms with Crippen molar-refractivity contribution in [3.8, 4) is 11.4 Å². The number of rotatable bonds is 8. The number of hydrogen-bond acceptors (Lipinski definition) is 10. The quantitative estimate of drug-likeness (QED) is 0.128. The summed E-state index contributed by atoms with van der Waals surface area (Å²) in [7, 11) is 1.42. The second-order valence-electron chi connectivity index (χ2n) is 9.63. The van der Waals surface area contributed by atoms with Crippen LogP contribution in [0.3, 0.4) is 0 Å². The number of aldehydes is 1. The third-order valence-corrected chi connectivity index (χ3v) is 6.98. The molecule has 12 heteroatoms. The molecule has 40 heavy (non-hydrogen) atoms. The minimum Gasteiger partial charge on any atom is -0.397 e. The molecule has 7 N–H and O–H groups in total. The van der Waals surface area contributed by atoms with Crippen LogP contribution in [0.1, 0.15) is 39.5 Å². The smallest absolute Gasteiger partial charge is 0.257 e. The molecule has 0 saturated carbocycles. The van der Waals surface area contributed by atoms with E-state index >= 15 is 0 Å². The van der Waals surface area contributed by atoms with E-state index in [4.69, 9.17) is 27.0 Å². The molecule has 1 aliphatic heterocycles. The van der Waals surface area contributed by atoms with Gasteiger partial charge in [-0.1, -0.05) is 0 Å². The van der Waals surface area contributed by atoms with Gasteiger partial charge < -0.3 is 35.7 Å². The first kappa shape index (κ1) is 26.9. The molecule has 1 aromatic carbocycles. The number of ether oxygens (including phenoxy) is 1. The number of nitrogens with zero attached hydrogens (tertiary/aromatic N) is 4. The van der Waals surface area contributed by atoms with Crippen molar-refractivity contribution in [3.05, 3.63) is 92.3 Å². The molecule has 0 bridgehead atoms. The van der Waals surface area contributed by atoms with Crippen LogP contribution in [0.2, 0.25) is 0 Å². The largest absolute Gasteiger partial charge is 0.397 e. The number of hydrazine groups is 1. The highest BCUT2D eigenvalue weighted by Gasteiger charge is 2.30. The van der Waals surface area contributed by atoms with Gasteiger partial charge in [-0.2, -0.15) is 0 Å². The standard InChI is InChI=1S/C28H28FN7O4/c1-14-5-16-18(9-35(32)11-22(30)15-3-4-26(31)33-8-15)19-10-36-24(27(19)34-23(16)7-21(14)29)6-17(25(38)12-37)20(13-40-2)28(36)39/h3-8,11-12,25,38H,9-10,13,30,32H2,1-2H3,(H2,31,33)/b22-11-. The van der Waals surface area contributed by atoms with Crippen LogP contribution in [-0.4, -0.2) is 38.0 Å². The number of nitrogen functional groups attached to an aromatic ring is 1. The Balaban J connectivity index is 1.67. The SMILES string of the molecule is COCc1c(C(O)C=O)cc2n(c1=O)Cc1c-2nc2cc(F)c(C)cc2c1CN(N)/C=C(\N)c1ccc(N)nc1. The maximum atomic E-state index is 14.6. The first-order valence-electron chi connectivity index (χ1n) is 12.3. The fourth-order valence-electron chi connectivity index (χ4n) is 4.96. The monoisotopic (exact) mass is 545 g/mol. The van der Waals surface area contributed by atoms with E-state index < -0.39 is 17.5 Å². The Morgan fingerprint density at radius 1 is 1.30 bits per heavy atom. The number of hydrogen-bond donors (Lipinski definition) is 4. The van der Waals surface area contributed by atoms with Crippen LogP contribution in [0.15, 0.2) is 47.5 Å². The van der Waals surface area contributed by atoms with Gasteiger partial charge in [0.25, 0.3) is 5.56 Å². The summed E-state index contributed by atoms with van der Waals surface area (Å²) in [5.74, 6) is 6.31. The zero-order chi connectivity index (χ0) is 28.7. The molecule has 1 aliphatic rings. The van der Waals surface area contributed by atoms with Gasteiger partial charge in [-0.15, -0.1) is 0 Å². The Kier molecular flexibility index (Phi) is 7.06. The van der Waals surface area contributed by atoms with Gasteiger partial charge in [0, 0.05) is 53.2 Å². The number of aliphatic hydroxyl groups is 1. The number of carbonyl (C=O) groups is 1. The van der Waals surface area contributed by atoms with Gasteiger partial charge in [0.1, 0.15) is 17.7 Å². The van der Waals surface area contributed by atoms with E-state index in [2.05, 4.69) is 4.98 Å². The zero-order valence-corrected chi connectivity index (χ0v) is 21.9. The van der Waals surface area contributed by atoms with Gasteiger partial charge in [-0.25, -0.2) is 20.2 Å². The number of aryl methyl sites for hydroxylation is 1. The van der Waals surface area contributed by atoms with Crippen LogP contribution in [0.5, 0.6) is 0 Å². The number of nitrogens with two attached hydrogens (primary N) is 3. The minimum atomic E-state index is -1.52. The number of methoxy groups -OCH3 is 1. The Morgan fingerprint density at radius 2 is 2.08 bits per heavy atom. The molecular formula is C28H28FN7O4. The lowest BCUT2D eigenvalue weighted by Gasteiger charge is -2.19. The van der Waals surface area contributed by atoms with Gasteiger partial charge in [-0.05, 0) is 42.3 Å². The summed E-state index contributed by atoms with van der Waals surface area (Å²) in [5, 5.41) is 12.4. The number of halogens is 1.